The minimum Gasteiger partial charge on any atom is -0.461 e. The summed E-state index contributed by atoms with van der Waals surface area (Å²) in [6, 6.07) is 4.21. The van der Waals surface area contributed by atoms with Gasteiger partial charge in [-0.05, 0) is 75.5 Å². The Morgan fingerprint density at radius 1 is 1.30 bits per heavy atom. The minimum absolute atomic E-state index is 0.00973. The number of nitrogens with zero attached hydrogens (tertiary/aromatic N) is 5. The van der Waals surface area contributed by atoms with E-state index < -0.39 is 22.9 Å². The minimum atomic E-state index is -0.921. The highest BCUT2D eigenvalue weighted by atomic mass is 35.5. The van der Waals surface area contributed by atoms with Crippen molar-refractivity contribution in [3.8, 4) is 12.1 Å². The highest BCUT2D eigenvalue weighted by Crippen LogP contribution is 2.52. The molecule has 6 aliphatic rings. The van der Waals surface area contributed by atoms with Gasteiger partial charge in [0.2, 0.25) is 0 Å². The maximum Gasteiger partial charge on any atom is 0.332 e. The lowest BCUT2D eigenvalue weighted by Gasteiger charge is -2.36. The summed E-state index contributed by atoms with van der Waals surface area (Å²) in [5.41, 5.74) is 6.42. The van der Waals surface area contributed by atoms with Gasteiger partial charge in [0.05, 0.1) is 30.2 Å². The standard InChI is InChI=1S/C39H48ClF2N8O2S/c1-4-23-13-22(18-50(23,3)36(51)33-31(46-33)20-8-9-20)45-35-24-14-26(40)29(38(2)10-5-7-27-28(38)25(16-43)34(44)53-27)30(42)32(24)47-37(48-35)52-19-39-11-6-12-49(39)17-21(41)15-39/h14,20-23,31,33,46H,4-13,15,17-19,44H2,1-3H3,(H,45,47,48)/q+1/t21-,22-,23+,31+,33+,38+,39+,50?/m1/s1. The van der Waals surface area contributed by atoms with Crippen molar-refractivity contribution in [3.63, 3.8) is 0 Å². The van der Waals surface area contributed by atoms with E-state index in [1.54, 1.807) is 6.07 Å². The molecule has 1 amide bonds. The van der Waals surface area contributed by atoms with Crippen molar-refractivity contribution in [2.24, 2.45) is 5.92 Å². The number of nitrogen functional groups attached to an aromatic ring is 1. The fraction of sp³-hybridized carbons (Fsp3) is 0.641. The zero-order valence-electron chi connectivity index (χ0n) is 30.6. The van der Waals surface area contributed by atoms with Crippen molar-refractivity contribution in [1.29, 1.82) is 5.26 Å². The highest BCUT2D eigenvalue weighted by Gasteiger charge is 2.60. The van der Waals surface area contributed by atoms with Crippen LogP contribution in [0.15, 0.2) is 6.07 Å². The molecule has 4 N–H and O–H groups in total. The number of quaternary nitrogens is 1. The molecule has 1 saturated carbocycles. The molecule has 0 bridgehead atoms. The Balaban J connectivity index is 1.10. The monoisotopic (exact) mass is 765 g/mol. The number of nitrogens with one attached hydrogen (secondary N) is 2. The van der Waals surface area contributed by atoms with E-state index >= 15 is 4.39 Å². The second-order valence-electron chi connectivity index (χ2n) is 17.0. The molecule has 5 fully saturated rings. The summed E-state index contributed by atoms with van der Waals surface area (Å²) in [6.07, 6.45) is 7.33. The largest absolute Gasteiger partial charge is 0.461 e. The molecule has 14 heteroatoms. The van der Waals surface area contributed by atoms with Crippen LogP contribution in [0.4, 0.5) is 19.6 Å². The van der Waals surface area contributed by atoms with Crippen molar-refractivity contribution < 1.29 is 22.8 Å². The zero-order valence-corrected chi connectivity index (χ0v) is 32.2. The van der Waals surface area contributed by atoms with Crippen LogP contribution in [0, 0.1) is 23.1 Å². The fourth-order valence-corrected chi connectivity index (χ4v) is 12.4. The molecule has 10 nitrogen and oxygen atoms in total. The van der Waals surface area contributed by atoms with Gasteiger partial charge in [-0.1, -0.05) is 25.4 Å². The quantitative estimate of drug-likeness (QED) is 0.171. The summed E-state index contributed by atoms with van der Waals surface area (Å²) >= 11 is 8.50. The molecule has 0 radical (unpaired) electrons. The fourth-order valence-electron chi connectivity index (χ4n) is 10.8. The van der Waals surface area contributed by atoms with Gasteiger partial charge in [-0.2, -0.15) is 15.2 Å². The Morgan fingerprint density at radius 2 is 2.11 bits per heavy atom. The molecule has 9 rings (SSSR count). The van der Waals surface area contributed by atoms with E-state index in [0.29, 0.717) is 64.1 Å². The molecular weight excluding hydrogens is 718 g/mol. The molecule has 4 aliphatic heterocycles. The lowest BCUT2D eigenvalue weighted by Crippen LogP contribution is -2.56. The average Bonchev–Trinajstić information content (AvgIpc) is 3.99. The molecule has 8 atom stereocenters. The Labute approximate surface area is 318 Å². The number of hydrogen-bond acceptors (Lipinski definition) is 10. The normalized spacial score (nSPS) is 34.9. The zero-order chi connectivity index (χ0) is 37.0. The van der Waals surface area contributed by atoms with Gasteiger partial charge in [0.25, 0.3) is 0 Å². The Morgan fingerprint density at radius 3 is 2.87 bits per heavy atom. The van der Waals surface area contributed by atoms with Crippen LogP contribution in [0.2, 0.25) is 5.02 Å². The third-order valence-corrected chi connectivity index (χ3v) is 15.1. The number of halogens is 3. The highest BCUT2D eigenvalue weighted by molar-refractivity contribution is 7.16. The number of thiophene rings is 1. The van der Waals surface area contributed by atoms with E-state index in [2.05, 4.69) is 35.6 Å². The predicted molar refractivity (Wildman–Crippen MR) is 201 cm³/mol. The summed E-state index contributed by atoms with van der Waals surface area (Å²) in [5, 5.41) is 18.3. The summed E-state index contributed by atoms with van der Waals surface area (Å²) in [5.74, 6) is 0.657. The van der Waals surface area contributed by atoms with E-state index in [1.807, 2.05) is 6.92 Å². The predicted octanol–water partition coefficient (Wildman–Crippen LogP) is 6.22. The number of carbonyl (C=O) groups is 1. The van der Waals surface area contributed by atoms with Crippen molar-refractivity contribution in [3.05, 3.63) is 38.5 Å². The molecule has 2 aliphatic carbocycles. The van der Waals surface area contributed by atoms with Crippen molar-refractivity contribution in [1.82, 2.24) is 20.2 Å². The number of anilines is 2. The first-order chi connectivity index (χ1) is 25.4. The molecule has 4 saturated heterocycles. The molecule has 53 heavy (non-hydrogen) atoms. The van der Waals surface area contributed by atoms with Crippen molar-refractivity contribution in [2.75, 3.05) is 44.3 Å². The number of amides is 1. The Kier molecular flexibility index (Phi) is 8.52. The lowest BCUT2D eigenvalue weighted by atomic mass is 9.68. The average molecular weight is 766 g/mol. The SMILES string of the molecule is CC[C@H]1C[C@@H](Nc2nc(OC[C@@]34CCCN3C[C@H](F)C4)nc3c(F)c([C@@]4(C)CCCc5sc(N)c(C#N)c54)c(Cl)cc23)C[N+]1(C)C(=O)[C@H]1N[C@H]1C1CC1. The van der Waals surface area contributed by atoms with E-state index in [1.165, 1.54) is 24.2 Å². The maximum atomic E-state index is 17.4. The number of benzene rings is 1. The van der Waals surface area contributed by atoms with Crippen molar-refractivity contribution >= 4 is 50.6 Å². The second kappa shape index (κ2) is 12.7. The van der Waals surface area contributed by atoms with Gasteiger partial charge in [0, 0.05) is 51.7 Å². The third-order valence-electron chi connectivity index (χ3n) is 13.7. The molecule has 1 aromatic carbocycles. The number of ether oxygens (including phenoxy) is 1. The number of rotatable bonds is 9. The van der Waals surface area contributed by atoms with Gasteiger partial charge in [0.1, 0.15) is 47.8 Å². The number of hydrogen-bond donors (Lipinski definition) is 3. The van der Waals surface area contributed by atoms with Crippen LogP contribution in [-0.2, 0) is 16.6 Å². The molecule has 3 aromatic rings. The van der Waals surface area contributed by atoms with E-state index in [4.69, 9.17) is 32.0 Å². The van der Waals surface area contributed by atoms with Crippen LogP contribution in [-0.4, -0.2) is 94.4 Å². The summed E-state index contributed by atoms with van der Waals surface area (Å²) in [4.78, 5) is 26.7. The Bertz CT molecular complexity index is 2060. The molecule has 282 valence electrons. The number of nitriles is 1. The van der Waals surface area contributed by atoms with Crippen LogP contribution < -0.4 is 21.1 Å². The van der Waals surface area contributed by atoms with Gasteiger partial charge >= 0.3 is 11.9 Å². The van der Waals surface area contributed by atoms with Gasteiger partial charge in [-0.15, -0.1) is 11.3 Å². The van der Waals surface area contributed by atoms with E-state index in [-0.39, 0.29) is 52.8 Å². The van der Waals surface area contributed by atoms with Gasteiger partial charge in [-0.25, -0.2) is 13.6 Å². The first kappa shape index (κ1) is 35.5. The number of fused-ring (bicyclic) bond motifs is 3. The van der Waals surface area contributed by atoms with Crippen LogP contribution in [0.3, 0.4) is 0 Å². The molecule has 6 heterocycles. The number of aryl methyl sites for hydroxylation is 1. The lowest BCUT2D eigenvalue weighted by molar-refractivity contribution is -0.847. The van der Waals surface area contributed by atoms with Gasteiger partial charge in [-0.3, -0.25) is 14.7 Å². The number of likely N-dealkylation sites (N-methyl/N-ethyl adjacent to an activating group) is 1. The Hall–Kier alpha value is -3.15. The molecular formula is C39H48ClF2N8O2S+. The number of alkyl halides is 1. The van der Waals surface area contributed by atoms with Crippen LogP contribution in [0.1, 0.15) is 93.2 Å². The van der Waals surface area contributed by atoms with Gasteiger partial charge < -0.3 is 15.8 Å². The summed E-state index contributed by atoms with van der Waals surface area (Å²) < 4.78 is 38.8. The molecule has 1 unspecified atom stereocenters. The first-order valence-electron chi connectivity index (χ1n) is 19.3. The number of likely N-dealkylation sites (tertiary alicyclic amines) is 1. The van der Waals surface area contributed by atoms with Crippen LogP contribution >= 0.6 is 22.9 Å². The maximum absolute atomic E-state index is 17.4. The summed E-state index contributed by atoms with van der Waals surface area (Å²) in [6.45, 7) is 6.04. The topological polar surface area (TPSA) is 139 Å². The molecule has 2 aromatic heterocycles. The van der Waals surface area contributed by atoms with Crippen LogP contribution in [0.5, 0.6) is 6.01 Å². The van der Waals surface area contributed by atoms with Gasteiger partial charge in [0.15, 0.2) is 5.82 Å². The smallest absolute Gasteiger partial charge is 0.332 e. The van der Waals surface area contributed by atoms with Crippen LogP contribution in [0.25, 0.3) is 10.9 Å². The van der Waals surface area contributed by atoms with E-state index in [9.17, 15) is 14.4 Å². The molecule has 0 spiro atoms. The second-order valence-corrected chi connectivity index (χ2v) is 18.6. The number of aromatic nitrogens is 2. The summed E-state index contributed by atoms with van der Waals surface area (Å²) in [7, 11) is 2.05. The number of carbonyl (C=O) groups excluding carboxylic acids is 1. The van der Waals surface area contributed by atoms with E-state index in [0.717, 1.165) is 55.5 Å². The van der Waals surface area contributed by atoms with Crippen molar-refractivity contribution in [2.45, 2.75) is 119 Å². The third kappa shape index (κ3) is 5.64. The number of nitrogens with two attached hydrogens (primary N) is 1. The first-order valence-corrected chi connectivity index (χ1v) is 20.5.